The third-order valence-electron chi connectivity index (χ3n) is 8.87. The minimum Gasteiger partial charge on any atom is -0.507 e. The zero-order valence-corrected chi connectivity index (χ0v) is 24.0. The Morgan fingerprint density at radius 3 is 2.29 bits per heavy atom. The van der Waals surface area contributed by atoms with Crippen molar-refractivity contribution in [1.29, 1.82) is 0 Å². The van der Waals surface area contributed by atoms with E-state index in [1.807, 2.05) is 19.0 Å². The Hall–Kier alpha value is -3.55. The monoisotopic (exact) mass is 585 g/mol. The molecule has 0 unspecified atom stereocenters. The summed E-state index contributed by atoms with van der Waals surface area (Å²) in [5, 5.41) is 54.9. The molecule has 42 heavy (non-hydrogen) atoms. The van der Waals surface area contributed by atoms with Crippen molar-refractivity contribution < 1.29 is 54.1 Å². The number of methoxy groups -OCH3 is 1. The molecule has 1 heterocycles. The number of fused-ring (bicyclic) bond motifs is 3. The molecule has 7 atom stereocenters. The van der Waals surface area contributed by atoms with Gasteiger partial charge in [0, 0.05) is 30.0 Å². The van der Waals surface area contributed by atoms with Gasteiger partial charge < -0.3 is 44.6 Å². The van der Waals surface area contributed by atoms with Crippen LogP contribution in [0.15, 0.2) is 18.2 Å². The summed E-state index contributed by atoms with van der Waals surface area (Å²) in [6.45, 7) is 3.36. The minimum absolute atomic E-state index is 0.00436. The molecule has 2 aliphatic carbocycles. The number of ketones is 2. The summed E-state index contributed by atoms with van der Waals surface area (Å²) in [6, 6.07) is 3.05. The van der Waals surface area contributed by atoms with E-state index >= 15 is 0 Å². The fourth-order valence-corrected chi connectivity index (χ4v) is 6.56. The van der Waals surface area contributed by atoms with Gasteiger partial charge in [-0.1, -0.05) is 6.92 Å². The summed E-state index contributed by atoms with van der Waals surface area (Å²) in [7, 11) is 4.76. The van der Waals surface area contributed by atoms with Gasteiger partial charge in [-0.05, 0) is 51.2 Å². The molecule has 12 heteroatoms. The molecule has 1 fully saturated rings. The lowest BCUT2D eigenvalue weighted by Crippen LogP contribution is -2.54. The van der Waals surface area contributed by atoms with Crippen LogP contribution in [0.1, 0.15) is 88.1 Å². The highest BCUT2D eigenvalue weighted by Crippen LogP contribution is 2.54. The molecule has 2 aromatic carbocycles. The van der Waals surface area contributed by atoms with E-state index in [1.165, 1.54) is 6.07 Å². The maximum Gasteiger partial charge on any atom is 0.316 e. The molecule has 0 amide bonds. The maximum atomic E-state index is 13.7. The van der Waals surface area contributed by atoms with Gasteiger partial charge in [0.25, 0.3) is 0 Å². The third kappa shape index (κ3) is 4.45. The van der Waals surface area contributed by atoms with E-state index in [0.717, 1.165) is 19.2 Å². The summed E-state index contributed by atoms with van der Waals surface area (Å²) in [5.74, 6) is -5.69. The molecule has 0 aromatic heterocycles. The van der Waals surface area contributed by atoms with E-state index in [-0.39, 0.29) is 42.0 Å². The van der Waals surface area contributed by atoms with Gasteiger partial charge in [0.15, 0.2) is 12.1 Å². The second-order valence-corrected chi connectivity index (χ2v) is 11.4. The number of ether oxygens (including phenoxy) is 3. The molecular formula is C30H35NO11. The summed E-state index contributed by atoms with van der Waals surface area (Å²) >= 11 is 0. The number of aromatic hydroxyl groups is 3. The van der Waals surface area contributed by atoms with E-state index in [1.54, 1.807) is 13.8 Å². The number of hydrogen-bond donors (Lipinski definition) is 5. The first-order valence-electron chi connectivity index (χ1n) is 13.7. The van der Waals surface area contributed by atoms with Crippen LogP contribution in [0.25, 0.3) is 0 Å². The summed E-state index contributed by atoms with van der Waals surface area (Å²) < 4.78 is 17.3. The number of likely N-dealkylation sites (N-methyl/N-ethyl adjacent to an activating group) is 1. The molecule has 5 N–H and O–H groups in total. The fourth-order valence-electron chi connectivity index (χ4n) is 6.56. The Labute approximate surface area is 242 Å². The zero-order valence-electron chi connectivity index (χ0n) is 24.0. The average molecular weight is 586 g/mol. The number of aliphatic hydroxyl groups excluding tert-OH is 1. The number of phenols is 3. The highest BCUT2D eigenvalue weighted by atomic mass is 16.7. The largest absolute Gasteiger partial charge is 0.507 e. The highest BCUT2D eigenvalue weighted by molar-refractivity contribution is 6.31. The van der Waals surface area contributed by atoms with Crippen molar-refractivity contribution in [1.82, 2.24) is 4.90 Å². The Bertz CT molecular complexity index is 1470. The van der Waals surface area contributed by atoms with Gasteiger partial charge >= 0.3 is 5.97 Å². The molecule has 0 spiro atoms. The number of carbonyl (C=O) groups excluding carboxylic acids is 3. The van der Waals surface area contributed by atoms with E-state index in [0.29, 0.717) is 0 Å². The van der Waals surface area contributed by atoms with Crippen LogP contribution in [0.3, 0.4) is 0 Å². The average Bonchev–Trinajstić information content (AvgIpc) is 2.93. The lowest BCUT2D eigenvalue weighted by molar-refractivity contribution is -0.258. The summed E-state index contributed by atoms with van der Waals surface area (Å²) in [6.07, 6.45) is -3.34. The Kier molecular flexibility index (Phi) is 7.57. The molecular weight excluding hydrogens is 550 g/mol. The van der Waals surface area contributed by atoms with Crippen molar-refractivity contribution in [3.63, 3.8) is 0 Å². The Morgan fingerprint density at radius 2 is 1.71 bits per heavy atom. The fraction of sp³-hybridized carbons (Fsp3) is 0.500. The number of carbonyl (C=O) groups is 3. The van der Waals surface area contributed by atoms with Crippen LogP contribution in [0.5, 0.6) is 17.2 Å². The van der Waals surface area contributed by atoms with E-state index in [2.05, 4.69) is 0 Å². The third-order valence-corrected chi connectivity index (χ3v) is 8.87. The smallest absolute Gasteiger partial charge is 0.316 e. The van der Waals surface area contributed by atoms with Crippen molar-refractivity contribution in [2.45, 2.75) is 75.3 Å². The lowest BCUT2D eigenvalue weighted by Gasteiger charge is -2.46. The molecule has 1 saturated heterocycles. The highest BCUT2D eigenvalue weighted by Gasteiger charge is 2.53. The van der Waals surface area contributed by atoms with Crippen molar-refractivity contribution in [3.05, 3.63) is 51.6 Å². The Balaban J connectivity index is 1.70. The van der Waals surface area contributed by atoms with Gasteiger partial charge in [0.05, 0.1) is 47.7 Å². The van der Waals surface area contributed by atoms with Gasteiger partial charge in [-0.15, -0.1) is 0 Å². The number of rotatable bonds is 5. The number of hydrogen-bond acceptors (Lipinski definition) is 12. The molecule has 0 radical (unpaired) electrons. The molecule has 0 saturated carbocycles. The van der Waals surface area contributed by atoms with Gasteiger partial charge in [0.2, 0.25) is 5.78 Å². The van der Waals surface area contributed by atoms with Gasteiger partial charge in [-0.25, -0.2) is 0 Å². The lowest BCUT2D eigenvalue weighted by atomic mass is 9.67. The standard InChI is InChI=1S/C30H35NO11/c1-6-30(39)11-18(42-19-10-15(31(3)4)25(34)12(2)41-19)20-13(24(30)29(38)40-5)9-14-21(27(20)36)28(37)23-17(33)8-7-16(32)22(23)26(14)35/h7-9,12,15,18-19,24-25,32-34,36,39H,6,10-11H2,1-5H3/t12-,15-,18-,19-,24+,25+,30-/m0/s1. The van der Waals surface area contributed by atoms with Crippen molar-refractivity contribution in [2.24, 2.45) is 0 Å². The van der Waals surface area contributed by atoms with Crippen LogP contribution in [0.2, 0.25) is 0 Å². The predicted octanol–water partition coefficient (Wildman–Crippen LogP) is 1.86. The van der Waals surface area contributed by atoms with E-state index < -0.39 is 87.6 Å². The second kappa shape index (κ2) is 10.6. The van der Waals surface area contributed by atoms with Gasteiger partial charge in [0.1, 0.15) is 23.2 Å². The number of esters is 1. The van der Waals surface area contributed by atoms with Crippen LogP contribution >= 0.6 is 0 Å². The first-order valence-corrected chi connectivity index (χ1v) is 13.7. The first-order chi connectivity index (χ1) is 19.7. The summed E-state index contributed by atoms with van der Waals surface area (Å²) in [5.41, 5.74) is -3.36. The topological polar surface area (TPSA) is 183 Å². The van der Waals surface area contributed by atoms with E-state index in [9.17, 15) is 39.9 Å². The quantitative estimate of drug-likeness (QED) is 0.217. The van der Waals surface area contributed by atoms with Gasteiger partial charge in [-0.3, -0.25) is 14.4 Å². The number of benzene rings is 2. The van der Waals surface area contributed by atoms with E-state index in [4.69, 9.17) is 14.2 Å². The molecule has 226 valence electrons. The first kappa shape index (κ1) is 29.9. The van der Waals surface area contributed by atoms with Gasteiger partial charge in [-0.2, -0.15) is 0 Å². The van der Waals surface area contributed by atoms with Crippen LogP contribution in [-0.4, -0.2) is 99.3 Å². The zero-order chi connectivity index (χ0) is 30.8. The molecule has 2 aromatic rings. The van der Waals surface area contributed by atoms with Crippen LogP contribution in [-0.2, 0) is 19.0 Å². The molecule has 0 bridgehead atoms. The SMILES string of the molecule is CC[C@]1(O)C[C@H](O[C@H]2C[C@H](N(C)C)[C@H](O)[C@H](C)O2)c2c(cc3c(c2O)C(=O)c2c(O)ccc(O)c2C3=O)[C@@H]1C(=O)OC. The second-order valence-electron chi connectivity index (χ2n) is 11.4. The predicted molar refractivity (Wildman–Crippen MR) is 146 cm³/mol. The van der Waals surface area contributed by atoms with Crippen molar-refractivity contribution in [3.8, 4) is 17.2 Å². The molecule has 5 rings (SSSR count). The number of aliphatic hydroxyl groups is 2. The van der Waals surface area contributed by atoms with Crippen LogP contribution in [0.4, 0.5) is 0 Å². The minimum atomic E-state index is -1.74. The van der Waals surface area contributed by atoms with Crippen molar-refractivity contribution >= 4 is 17.5 Å². The molecule has 12 nitrogen and oxygen atoms in total. The maximum absolute atomic E-state index is 13.7. The normalized spacial score (nSPS) is 30.5. The Morgan fingerprint density at radius 1 is 1.10 bits per heavy atom. The van der Waals surface area contributed by atoms with Crippen molar-refractivity contribution in [2.75, 3.05) is 21.2 Å². The van der Waals surface area contributed by atoms with Crippen LogP contribution < -0.4 is 0 Å². The van der Waals surface area contributed by atoms with Crippen LogP contribution in [0, 0.1) is 0 Å². The summed E-state index contributed by atoms with van der Waals surface area (Å²) in [4.78, 5) is 42.2. The number of nitrogens with zero attached hydrogens (tertiary/aromatic N) is 1. The number of phenolic OH excluding ortho intramolecular Hbond substituents is 3. The molecule has 1 aliphatic heterocycles. The molecule has 3 aliphatic rings.